The zero-order valence-electron chi connectivity index (χ0n) is 20.8. The van der Waals surface area contributed by atoms with Crippen LogP contribution in [0.3, 0.4) is 0 Å². The highest BCUT2D eigenvalue weighted by molar-refractivity contribution is 7.86. The number of halogens is 1. The van der Waals surface area contributed by atoms with Crippen LogP contribution in [0.5, 0.6) is 5.75 Å². The predicted octanol–water partition coefficient (Wildman–Crippen LogP) is 4.57. The summed E-state index contributed by atoms with van der Waals surface area (Å²) in [6, 6.07) is 14.3. The van der Waals surface area contributed by atoms with Crippen molar-refractivity contribution in [3.05, 3.63) is 86.3 Å². The molecule has 0 aliphatic rings. The number of rotatable bonds is 11. The van der Waals surface area contributed by atoms with Gasteiger partial charge in [-0.25, -0.2) is 5.10 Å². The largest absolute Gasteiger partial charge is 0.485 e. The first kappa shape index (κ1) is 27.9. The maximum absolute atomic E-state index is 12.2. The van der Waals surface area contributed by atoms with Gasteiger partial charge in [-0.3, -0.25) is 8.98 Å². The van der Waals surface area contributed by atoms with Crippen LogP contribution in [0.15, 0.2) is 58.2 Å². The zero-order valence-corrected chi connectivity index (χ0v) is 22.4. The van der Waals surface area contributed by atoms with Gasteiger partial charge in [0.2, 0.25) is 0 Å². The van der Waals surface area contributed by atoms with Crippen LogP contribution in [0.2, 0.25) is 5.02 Å². The Kier molecular flexibility index (Phi) is 9.30. The van der Waals surface area contributed by atoms with E-state index in [0.717, 1.165) is 16.7 Å². The minimum atomic E-state index is -3.79. The van der Waals surface area contributed by atoms with E-state index in [-0.39, 0.29) is 40.9 Å². The second-order valence-electron chi connectivity index (χ2n) is 9.35. The first-order valence-corrected chi connectivity index (χ1v) is 13.3. The van der Waals surface area contributed by atoms with Gasteiger partial charge in [0, 0.05) is 5.41 Å². The molecule has 2 aromatic carbocycles. The van der Waals surface area contributed by atoms with Gasteiger partial charge in [0.05, 0.1) is 24.7 Å². The first-order chi connectivity index (χ1) is 17.0. The summed E-state index contributed by atoms with van der Waals surface area (Å²) < 4.78 is 40.8. The average Bonchev–Trinajstić information content (AvgIpc) is 2.82. The zero-order chi connectivity index (χ0) is 26.3. The SMILES string of the molecule is Cc1ccc(S(=O)(=O)OCCOCCc2ccc(COc3c(C(C)(C)C)n[nH]c(=O)c3Cl)cc2)cc1. The lowest BCUT2D eigenvalue weighted by Gasteiger charge is -2.21. The highest BCUT2D eigenvalue weighted by atomic mass is 35.5. The number of nitrogens with one attached hydrogen (secondary N) is 1. The Morgan fingerprint density at radius 3 is 2.22 bits per heavy atom. The number of H-pyrrole nitrogens is 1. The number of benzene rings is 2. The second kappa shape index (κ2) is 12.0. The highest BCUT2D eigenvalue weighted by Crippen LogP contribution is 2.33. The highest BCUT2D eigenvalue weighted by Gasteiger charge is 2.25. The van der Waals surface area contributed by atoms with Gasteiger partial charge in [-0.05, 0) is 36.6 Å². The minimum absolute atomic E-state index is 0.0145. The molecule has 8 nitrogen and oxygen atoms in total. The van der Waals surface area contributed by atoms with E-state index in [9.17, 15) is 13.2 Å². The second-order valence-corrected chi connectivity index (χ2v) is 11.3. The summed E-state index contributed by atoms with van der Waals surface area (Å²) in [5.41, 5.74) is 2.67. The summed E-state index contributed by atoms with van der Waals surface area (Å²) in [4.78, 5) is 12.0. The summed E-state index contributed by atoms with van der Waals surface area (Å²) in [6.45, 7) is 8.54. The van der Waals surface area contributed by atoms with Crippen molar-refractivity contribution >= 4 is 21.7 Å². The molecule has 0 aliphatic heterocycles. The average molecular weight is 535 g/mol. The lowest BCUT2D eigenvalue weighted by Crippen LogP contribution is -2.22. The Labute approximate surface area is 216 Å². The number of nitrogens with zero attached hydrogens (tertiary/aromatic N) is 1. The molecule has 0 radical (unpaired) electrons. The van der Waals surface area contributed by atoms with Crippen molar-refractivity contribution in [1.29, 1.82) is 0 Å². The van der Waals surface area contributed by atoms with Crippen molar-refractivity contribution in [2.24, 2.45) is 0 Å². The molecule has 0 atom stereocenters. The lowest BCUT2D eigenvalue weighted by atomic mass is 9.91. The van der Waals surface area contributed by atoms with E-state index in [1.165, 1.54) is 12.1 Å². The molecular formula is C26H31ClN2O6S. The van der Waals surface area contributed by atoms with Gasteiger partial charge < -0.3 is 9.47 Å². The van der Waals surface area contributed by atoms with Crippen LogP contribution >= 0.6 is 11.6 Å². The summed E-state index contributed by atoms with van der Waals surface area (Å²) in [5.74, 6) is 0.289. The third-order valence-corrected chi connectivity index (χ3v) is 6.98. The maximum atomic E-state index is 12.2. The van der Waals surface area contributed by atoms with Gasteiger partial charge in [-0.15, -0.1) is 0 Å². The van der Waals surface area contributed by atoms with Crippen molar-refractivity contribution in [3.63, 3.8) is 0 Å². The number of aromatic amines is 1. The Balaban J connectivity index is 1.44. The predicted molar refractivity (Wildman–Crippen MR) is 138 cm³/mol. The lowest BCUT2D eigenvalue weighted by molar-refractivity contribution is 0.104. The van der Waals surface area contributed by atoms with Crippen LogP contribution in [0, 0.1) is 6.92 Å². The molecule has 0 saturated carbocycles. The molecule has 36 heavy (non-hydrogen) atoms. The molecule has 0 amide bonds. The van der Waals surface area contributed by atoms with Gasteiger partial charge in [-0.2, -0.15) is 13.5 Å². The molecule has 3 rings (SSSR count). The van der Waals surface area contributed by atoms with Crippen LogP contribution in [-0.2, 0) is 37.5 Å². The Bertz CT molecular complexity index is 1310. The number of aromatic nitrogens is 2. The van der Waals surface area contributed by atoms with Crippen molar-refractivity contribution in [2.45, 2.75) is 51.0 Å². The van der Waals surface area contributed by atoms with Gasteiger partial charge in [0.15, 0.2) is 10.8 Å². The van der Waals surface area contributed by atoms with Gasteiger partial charge in [0.25, 0.3) is 15.7 Å². The van der Waals surface area contributed by atoms with E-state index < -0.39 is 15.7 Å². The molecule has 0 aliphatic carbocycles. The fourth-order valence-corrected chi connectivity index (χ4v) is 4.36. The van der Waals surface area contributed by atoms with E-state index >= 15 is 0 Å². The molecule has 3 aromatic rings. The van der Waals surface area contributed by atoms with Crippen LogP contribution < -0.4 is 10.3 Å². The molecule has 0 spiro atoms. The van der Waals surface area contributed by atoms with E-state index in [1.54, 1.807) is 12.1 Å². The summed E-state index contributed by atoms with van der Waals surface area (Å²) in [7, 11) is -3.79. The number of aryl methyl sites for hydroxylation is 1. The first-order valence-electron chi connectivity index (χ1n) is 11.5. The molecule has 10 heteroatoms. The molecule has 1 heterocycles. The Morgan fingerprint density at radius 2 is 1.58 bits per heavy atom. The van der Waals surface area contributed by atoms with Gasteiger partial charge in [0.1, 0.15) is 12.3 Å². The molecule has 0 fully saturated rings. The molecule has 0 saturated heterocycles. The van der Waals surface area contributed by atoms with Crippen molar-refractivity contribution < 1.29 is 22.1 Å². The molecule has 194 valence electrons. The maximum Gasteiger partial charge on any atom is 0.297 e. The van der Waals surface area contributed by atoms with Crippen LogP contribution in [0.25, 0.3) is 0 Å². The number of hydrogen-bond acceptors (Lipinski definition) is 7. The molecule has 0 bridgehead atoms. The molecule has 0 unspecified atom stereocenters. The van der Waals surface area contributed by atoms with Crippen LogP contribution in [0.4, 0.5) is 0 Å². The number of hydrogen-bond donors (Lipinski definition) is 1. The number of ether oxygens (including phenoxy) is 2. The third kappa shape index (κ3) is 7.64. The monoisotopic (exact) mass is 534 g/mol. The van der Waals surface area contributed by atoms with E-state index in [4.69, 9.17) is 25.3 Å². The van der Waals surface area contributed by atoms with Crippen molar-refractivity contribution in [3.8, 4) is 5.75 Å². The summed E-state index contributed by atoms with van der Waals surface area (Å²) >= 11 is 6.19. The van der Waals surface area contributed by atoms with Crippen molar-refractivity contribution in [2.75, 3.05) is 19.8 Å². The molecular weight excluding hydrogens is 504 g/mol. The Hall–Kier alpha value is -2.72. The van der Waals surface area contributed by atoms with Crippen molar-refractivity contribution in [1.82, 2.24) is 10.2 Å². The molecule has 1 aromatic heterocycles. The quantitative estimate of drug-likeness (QED) is 0.283. The van der Waals surface area contributed by atoms with Crippen LogP contribution in [-0.4, -0.2) is 38.4 Å². The smallest absolute Gasteiger partial charge is 0.297 e. The fraction of sp³-hybridized carbons (Fsp3) is 0.385. The van der Waals surface area contributed by atoms with E-state index in [1.807, 2.05) is 52.0 Å². The van der Waals surface area contributed by atoms with Gasteiger partial charge >= 0.3 is 0 Å². The minimum Gasteiger partial charge on any atom is -0.485 e. The van der Waals surface area contributed by atoms with Gasteiger partial charge in [-0.1, -0.05) is 74.3 Å². The van der Waals surface area contributed by atoms with E-state index in [0.29, 0.717) is 18.7 Å². The topological polar surface area (TPSA) is 108 Å². The molecule has 1 N–H and O–H groups in total. The third-order valence-electron chi connectivity index (χ3n) is 5.31. The fourth-order valence-electron chi connectivity index (χ4n) is 3.28. The van der Waals surface area contributed by atoms with Crippen LogP contribution in [0.1, 0.15) is 43.2 Å². The Morgan fingerprint density at radius 1 is 0.944 bits per heavy atom. The summed E-state index contributed by atoms with van der Waals surface area (Å²) in [6.07, 6.45) is 0.657. The summed E-state index contributed by atoms with van der Waals surface area (Å²) in [5, 5.41) is 6.51. The van der Waals surface area contributed by atoms with E-state index in [2.05, 4.69) is 10.2 Å². The standard InChI is InChI=1S/C26H31ClN2O6S/c1-18-5-11-21(12-6-18)36(31,32)35-16-15-33-14-13-19-7-9-20(10-8-19)17-34-23-22(27)25(30)29-28-24(23)26(2,3)4/h5-12H,13-17H2,1-4H3,(H,29,30). The normalized spacial score (nSPS) is 12.0.